The van der Waals surface area contributed by atoms with Crippen LogP contribution in [0.5, 0.6) is 0 Å². The summed E-state index contributed by atoms with van der Waals surface area (Å²) in [7, 11) is -2.88. The molecule has 1 aromatic rings. The van der Waals surface area contributed by atoms with Crippen molar-refractivity contribution >= 4 is 21.3 Å². The van der Waals surface area contributed by atoms with Gasteiger partial charge in [0, 0.05) is 12.6 Å². The third kappa shape index (κ3) is 4.20. The van der Waals surface area contributed by atoms with Crippen molar-refractivity contribution in [1.82, 2.24) is 5.32 Å². The fourth-order valence-electron chi connectivity index (χ4n) is 2.31. The summed E-state index contributed by atoms with van der Waals surface area (Å²) in [6.45, 7) is 2.31. The molecule has 20 heavy (non-hydrogen) atoms. The van der Waals surface area contributed by atoms with Crippen LogP contribution in [0.4, 0.5) is 0 Å². The Bertz CT molecular complexity index is 605. The van der Waals surface area contributed by atoms with Crippen molar-refractivity contribution in [1.29, 1.82) is 0 Å². The number of sulfone groups is 1. The minimum atomic E-state index is -2.88. The van der Waals surface area contributed by atoms with Crippen LogP contribution in [-0.4, -0.2) is 32.4 Å². The van der Waals surface area contributed by atoms with Gasteiger partial charge in [0.2, 0.25) is 5.91 Å². The Kier molecular flexibility index (Phi) is 4.60. The molecule has 0 spiro atoms. The number of nitrogens with one attached hydrogen (secondary N) is 1. The van der Waals surface area contributed by atoms with Crippen molar-refractivity contribution < 1.29 is 13.2 Å². The molecule has 0 radical (unpaired) electrons. The van der Waals surface area contributed by atoms with Crippen LogP contribution in [0.15, 0.2) is 36.4 Å². The molecule has 1 amide bonds. The second kappa shape index (κ2) is 6.22. The molecular formula is C15H19NO3S. The molecule has 0 saturated carbocycles. The highest BCUT2D eigenvalue weighted by atomic mass is 32.2. The van der Waals surface area contributed by atoms with Gasteiger partial charge in [-0.15, -0.1) is 0 Å². The van der Waals surface area contributed by atoms with Gasteiger partial charge in [-0.1, -0.05) is 30.3 Å². The Morgan fingerprint density at radius 1 is 1.35 bits per heavy atom. The quantitative estimate of drug-likeness (QED) is 0.858. The highest BCUT2D eigenvalue weighted by Crippen LogP contribution is 2.17. The lowest BCUT2D eigenvalue weighted by Crippen LogP contribution is -2.28. The molecule has 2 rings (SSSR count). The van der Waals surface area contributed by atoms with E-state index in [4.69, 9.17) is 0 Å². The monoisotopic (exact) mass is 293 g/mol. The van der Waals surface area contributed by atoms with Crippen LogP contribution < -0.4 is 5.32 Å². The van der Waals surface area contributed by atoms with E-state index in [2.05, 4.69) is 5.32 Å². The molecule has 1 saturated heterocycles. The number of hydrogen-bond acceptors (Lipinski definition) is 3. The van der Waals surface area contributed by atoms with Crippen molar-refractivity contribution in [2.75, 3.05) is 18.1 Å². The first-order valence-corrected chi connectivity index (χ1v) is 8.50. The van der Waals surface area contributed by atoms with Crippen molar-refractivity contribution in [3.8, 4) is 0 Å². The molecule has 1 fully saturated rings. The van der Waals surface area contributed by atoms with Gasteiger partial charge in [-0.2, -0.15) is 0 Å². The Morgan fingerprint density at radius 3 is 2.65 bits per heavy atom. The predicted octanol–water partition coefficient (Wildman–Crippen LogP) is 1.64. The molecule has 1 N–H and O–H groups in total. The molecule has 1 atom stereocenters. The predicted molar refractivity (Wildman–Crippen MR) is 79.9 cm³/mol. The first-order valence-electron chi connectivity index (χ1n) is 6.68. The molecule has 0 bridgehead atoms. The van der Waals surface area contributed by atoms with Crippen LogP contribution in [0, 0.1) is 5.92 Å². The van der Waals surface area contributed by atoms with Gasteiger partial charge in [-0.3, -0.25) is 4.79 Å². The van der Waals surface area contributed by atoms with E-state index in [1.54, 1.807) is 6.08 Å². The minimum Gasteiger partial charge on any atom is -0.352 e. The van der Waals surface area contributed by atoms with Gasteiger partial charge in [0.15, 0.2) is 9.84 Å². The average Bonchev–Trinajstić information content (AvgIpc) is 2.77. The lowest BCUT2D eigenvalue weighted by atomic mass is 10.1. The zero-order chi connectivity index (χ0) is 14.6. The SMILES string of the molecule is C/C(=C\C(=O)NC[C@H]1CCS(=O)(=O)C1)c1ccccc1. The zero-order valence-electron chi connectivity index (χ0n) is 11.5. The number of carbonyl (C=O) groups is 1. The third-order valence-electron chi connectivity index (χ3n) is 3.47. The summed E-state index contributed by atoms with van der Waals surface area (Å²) in [6.07, 6.45) is 2.20. The summed E-state index contributed by atoms with van der Waals surface area (Å²) in [6, 6.07) is 9.67. The summed E-state index contributed by atoms with van der Waals surface area (Å²) in [5.74, 6) is 0.311. The maximum absolute atomic E-state index is 11.8. The fourth-order valence-corrected chi connectivity index (χ4v) is 4.17. The highest BCUT2D eigenvalue weighted by Gasteiger charge is 2.27. The van der Waals surface area contributed by atoms with Crippen molar-refractivity contribution in [3.63, 3.8) is 0 Å². The molecule has 108 valence electrons. The lowest BCUT2D eigenvalue weighted by Gasteiger charge is -2.08. The molecule has 5 heteroatoms. The van der Waals surface area contributed by atoms with Gasteiger partial charge in [0.25, 0.3) is 0 Å². The van der Waals surface area contributed by atoms with Crippen LogP contribution in [0.25, 0.3) is 5.57 Å². The maximum Gasteiger partial charge on any atom is 0.244 e. The van der Waals surface area contributed by atoms with Crippen LogP contribution in [0.3, 0.4) is 0 Å². The molecule has 0 aromatic heterocycles. The second-order valence-corrected chi connectivity index (χ2v) is 7.44. The molecule has 0 unspecified atom stereocenters. The van der Waals surface area contributed by atoms with E-state index in [9.17, 15) is 13.2 Å². The van der Waals surface area contributed by atoms with E-state index in [1.165, 1.54) is 0 Å². The first kappa shape index (κ1) is 14.8. The topological polar surface area (TPSA) is 63.2 Å². The number of carbonyl (C=O) groups excluding carboxylic acids is 1. The van der Waals surface area contributed by atoms with Crippen molar-refractivity contribution in [3.05, 3.63) is 42.0 Å². The minimum absolute atomic E-state index is 0.0504. The fraction of sp³-hybridized carbons (Fsp3) is 0.400. The Labute approximate surface area is 119 Å². The highest BCUT2D eigenvalue weighted by molar-refractivity contribution is 7.91. The van der Waals surface area contributed by atoms with E-state index in [-0.39, 0.29) is 23.3 Å². The molecular weight excluding hydrogens is 274 g/mol. The first-order chi connectivity index (χ1) is 9.46. The van der Waals surface area contributed by atoms with E-state index < -0.39 is 9.84 Å². The van der Waals surface area contributed by atoms with Gasteiger partial charge in [0.1, 0.15) is 0 Å². The van der Waals surface area contributed by atoms with Gasteiger partial charge in [-0.25, -0.2) is 8.42 Å². The zero-order valence-corrected chi connectivity index (χ0v) is 12.3. The Hall–Kier alpha value is -1.62. The second-order valence-electron chi connectivity index (χ2n) is 5.21. The van der Waals surface area contributed by atoms with Crippen LogP contribution in [0.1, 0.15) is 18.9 Å². The van der Waals surface area contributed by atoms with Crippen molar-refractivity contribution in [2.24, 2.45) is 5.92 Å². The average molecular weight is 293 g/mol. The summed E-state index contributed by atoms with van der Waals surface area (Å²) >= 11 is 0. The number of amides is 1. The smallest absolute Gasteiger partial charge is 0.244 e. The van der Waals surface area contributed by atoms with Crippen LogP contribution in [-0.2, 0) is 14.6 Å². The summed E-state index contributed by atoms with van der Waals surface area (Å²) in [5.41, 5.74) is 1.90. The van der Waals surface area contributed by atoms with E-state index in [0.29, 0.717) is 13.0 Å². The lowest BCUT2D eigenvalue weighted by molar-refractivity contribution is -0.116. The largest absolute Gasteiger partial charge is 0.352 e. The maximum atomic E-state index is 11.8. The molecule has 1 aliphatic heterocycles. The van der Waals surface area contributed by atoms with E-state index in [1.807, 2.05) is 37.3 Å². The number of allylic oxidation sites excluding steroid dienone is 1. The van der Waals surface area contributed by atoms with Crippen LogP contribution >= 0.6 is 0 Å². The number of rotatable bonds is 4. The number of benzene rings is 1. The van der Waals surface area contributed by atoms with Gasteiger partial charge in [-0.05, 0) is 30.4 Å². The Balaban J connectivity index is 1.87. The third-order valence-corrected chi connectivity index (χ3v) is 5.31. The van der Waals surface area contributed by atoms with Crippen molar-refractivity contribution in [2.45, 2.75) is 13.3 Å². The molecule has 1 heterocycles. The van der Waals surface area contributed by atoms with E-state index in [0.717, 1.165) is 11.1 Å². The summed E-state index contributed by atoms with van der Waals surface area (Å²) in [5, 5.41) is 2.78. The number of hydrogen-bond donors (Lipinski definition) is 1. The molecule has 1 aliphatic rings. The molecule has 4 nitrogen and oxygen atoms in total. The normalized spacial score (nSPS) is 21.6. The van der Waals surface area contributed by atoms with Crippen LogP contribution in [0.2, 0.25) is 0 Å². The standard InChI is InChI=1S/C15H19NO3S/c1-12(14-5-3-2-4-6-14)9-15(17)16-10-13-7-8-20(18,19)11-13/h2-6,9,13H,7-8,10-11H2,1H3,(H,16,17)/b12-9+/t13-/m1/s1. The summed E-state index contributed by atoms with van der Waals surface area (Å²) in [4.78, 5) is 11.8. The van der Waals surface area contributed by atoms with Gasteiger partial charge in [0.05, 0.1) is 11.5 Å². The summed E-state index contributed by atoms with van der Waals surface area (Å²) < 4.78 is 22.6. The molecule has 0 aliphatic carbocycles. The van der Waals surface area contributed by atoms with Gasteiger partial charge >= 0.3 is 0 Å². The van der Waals surface area contributed by atoms with Gasteiger partial charge < -0.3 is 5.32 Å². The molecule has 1 aromatic carbocycles. The van der Waals surface area contributed by atoms with E-state index >= 15 is 0 Å². The Morgan fingerprint density at radius 2 is 2.05 bits per heavy atom.